The molecule has 2 amide bonds. The van der Waals surface area contributed by atoms with Gasteiger partial charge in [0.2, 0.25) is 11.8 Å². The first-order chi connectivity index (χ1) is 10.1. The van der Waals surface area contributed by atoms with Crippen molar-refractivity contribution < 1.29 is 19.5 Å². The van der Waals surface area contributed by atoms with Gasteiger partial charge >= 0.3 is 5.97 Å². The number of carbonyl (C=O) groups excluding carboxylic acids is 2. The molecule has 1 aromatic carbocycles. The first kappa shape index (κ1) is 13.8. The van der Waals surface area contributed by atoms with Crippen LogP contribution in [0.5, 0.6) is 0 Å². The minimum absolute atomic E-state index is 0.160. The number of carbonyl (C=O) groups is 3. The molecule has 0 spiro atoms. The van der Waals surface area contributed by atoms with Crippen molar-refractivity contribution in [2.45, 2.75) is 31.7 Å². The molecule has 1 aliphatic carbocycles. The van der Waals surface area contributed by atoms with Crippen molar-refractivity contribution in [3.8, 4) is 0 Å². The van der Waals surface area contributed by atoms with Gasteiger partial charge in [0.25, 0.3) is 0 Å². The van der Waals surface area contributed by atoms with E-state index in [-0.39, 0.29) is 30.1 Å². The molecule has 1 aromatic rings. The SMILES string of the molecule is O=C(O)C(Cc1ccccc1)N1C(=O)C2CCCC2C1=O. The predicted octanol–water partition coefficient (Wildman–Crippen LogP) is 1.47. The highest BCUT2D eigenvalue weighted by molar-refractivity contribution is 6.08. The Labute approximate surface area is 122 Å². The van der Waals surface area contributed by atoms with E-state index in [0.717, 1.165) is 16.9 Å². The second-order valence-electron chi connectivity index (χ2n) is 5.73. The molecule has 110 valence electrons. The lowest BCUT2D eigenvalue weighted by atomic mass is 10.00. The van der Waals surface area contributed by atoms with Crippen molar-refractivity contribution >= 4 is 17.8 Å². The fourth-order valence-electron chi connectivity index (χ4n) is 3.45. The molecule has 1 saturated carbocycles. The summed E-state index contributed by atoms with van der Waals surface area (Å²) >= 11 is 0. The van der Waals surface area contributed by atoms with Crippen molar-refractivity contribution in [1.29, 1.82) is 0 Å². The summed E-state index contributed by atoms with van der Waals surface area (Å²) in [7, 11) is 0. The third kappa shape index (κ3) is 2.33. The highest BCUT2D eigenvalue weighted by Crippen LogP contribution is 2.40. The zero-order valence-electron chi connectivity index (χ0n) is 11.6. The standard InChI is InChI=1S/C16H17NO4/c18-14-11-7-4-8-12(11)15(19)17(14)13(16(20)21)9-10-5-2-1-3-6-10/h1-3,5-6,11-13H,4,7-9H2,(H,20,21). The smallest absolute Gasteiger partial charge is 0.327 e. The second kappa shape index (κ2) is 5.31. The lowest BCUT2D eigenvalue weighted by molar-refractivity contribution is -0.155. The van der Waals surface area contributed by atoms with Crippen molar-refractivity contribution in [3.63, 3.8) is 0 Å². The Bertz CT molecular complexity index is 561. The Morgan fingerprint density at radius 1 is 1.14 bits per heavy atom. The van der Waals surface area contributed by atoms with Gasteiger partial charge in [-0.2, -0.15) is 0 Å². The number of carboxylic acid groups (broad SMARTS) is 1. The highest BCUT2D eigenvalue weighted by Gasteiger charge is 2.53. The van der Waals surface area contributed by atoms with Crippen LogP contribution >= 0.6 is 0 Å². The van der Waals surface area contributed by atoms with Gasteiger partial charge in [-0.05, 0) is 18.4 Å². The number of fused-ring (bicyclic) bond motifs is 1. The minimum atomic E-state index is -1.12. The van der Waals surface area contributed by atoms with E-state index in [0.29, 0.717) is 12.8 Å². The number of likely N-dealkylation sites (tertiary alicyclic amines) is 1. The molecule has 1 heterocycles. The third-order valence-corrected chi connectivity index (χ3v) is 4.49. The van der Waals surface area contributed by atoms with Crippen molar-refractivity contribution in [2.24, 2.45) is 11.8 Å². The molecule has 5 nitrogen and oxygen atoms in total. The average Bonchev–Trinajstić information content (AvgIpc) is 3.03. The van der Waals surface area contributed by atoms with Gasteiger partial charge in [-0.15, -0.1) is 0 Å². The Balaban J connectivity index is 1.86. The molecule has 3 unspecified atom stereocenters. The molecule has 1 aliphatic heterocycles. The van der Waals surface area contributed by atoms with Gasteiger partial charge in [-0.25, -0.2) is 4.79 Å². The van der Waals surface area contributed by atoms with Gasteiger partial charge in [0.05, 0.1) is 11.8 Å². The van der Waals surface area contributed by atoms with Crippen LogP contribution in [0, 0.1) is 11.8 Å². The Morgan fingerprint density at radius 2 is 1.71 bits per heavy atom. The van der Waals surface area contributed by atoms with Crippen LogP contribution in [0.4, 0.5) is 0 Å². The first-order valence-electron chi connectivity index (χ1n) is 7.23. The number of carboxylic acids is 1. The van der Waals surface area contributed by atoms with Crippen LogP contribution in [0.15, 0.2) is 30.3 Å². The number of amides is 2. The van der Waals surface area contributed by atoms with E-state index < -0.39 is 12.0 Å². The monoisotopic (exact) mass is 287 g/mol. The van der Waals surface area contributed by atoms with Crippen LogP contribution in [0.2, 0.25) is 0 Å². The van der Waals surface area contributed by atoms with Gasteiger partial charge in [0.1, 0.15) is 6.04 Å². The first-order valence-corrected chi connectivity index (χ1v) is 7.23. The normalized spacial score (nSPS) is 26.0. The summed E-state index contributed by atoms with van der Waals surface area (Å²) in [5, 5.41) is 9.45. The van der Waals surface area contributed by atoms with Gasteiger partial charge < -0.3 is 5.11 Å². The van der Waals surface area contributed by atoms with Crippen molar-refractivity contribution in [1.82, 2.24) is 4.90 Å². The minimum Gasteiger partial charge on any atom is -0.480 e. The maximum atomic E-state index is 12.4. The van der Waals surface area contributed by atoms with Crippen LogP contribution < -0.4 is 0 Å². The molecular formula is C16H17NO4. The number of rotatable bonds is 4. The van der Waals surface area contributed by atoms with E-state index in [1.165, 1.54) is 0 Å². The largest absolute Gasteiger partial charge is 0.480 e. The molecular weight excluding hydrogens is 270 g/mol. The summed E-state index contributed by atoms with van der Waals surface area (Å²) in [5.74, 6) is -2.32. The van der Waals surface area contributed by atoms with Crippen molar-refractivity contribution in [2.75, 3.05) is 0 Å². The van der Waals surface area contributed by atoms with Crippen LogP contribution in [-0.2, 0) is 20.8 Å². The zero-order valence-corrected chi connectivity index (χ0v) is 11.6. The summed E-state index contributed by atoms with van der Waals surface area (Å²) in [6, 6.07) is 7.99. The Kier molecular flexibility index (Phi) is 3.49. The third-order valence-electron chi connectivity index (χ3n) is 4.49. The van der Waals surface area contributed by atoms with E-state index in [2.05, 4.69) is 0 Å². The average molecular weight is 287 g/mol. The quantitative estimate of drug-likeness (QED) is 0.851. The Morgan fingerprint density at radius 3 is 2.24 bits per heavy atom. The van der Waals surface area contributed by atoms with Gasteiger partial charge in [0.15, 0.2) is 0 Å². The molecule has 0 radical (unpaired) electrons. The second-order valence-corrected chi connectivity index (χ2v) is 5.73. The Hall–Kier alpha value is -2.17. The fourth-order valence-corrected chi connectivity index (χ4v) is 3.45. The van der Waals surface area contributed by atoms with E-state index in [9.17, 15) is 19.5 Å². The number of imide groups is 1. The summed E-state index contributed by atoms with van der Waals surface area (Å²) in [5.41, 5.74) is 0.808. The number of benzene rings is 1. The van der Waals surface area contributed by atoms with Crippen LogP contribution in [0.3, 0.4) is 0 Å². The summed E-state index contributed by atoms with van der Waals surface area (Å²) in [4.78, 5) is 37.3. The van der Waals surface area contributed by atoms with E-state index >= 15 is 0 Å². The number of hydrogen-bond donors (Lipinski definition) is 1. The summed E-state index contributed by atoms with van der Waals surface area (Å²) < 4.78 is 0. The topological polar surface area (TPSA) is 74.7 Å². The van der Waals surface area contributed by atoms with E-state index in [4.69, 9.17) is 0 Å². The maximum Gasteiger partial charge on any atom is 0.327 e. The summed E-state index contributed by atoms with van der Waals surface area (Å²) in [6.07, 6.45) is 2.43. The van der Waals surface area contributed by atoms with Gasteiger partial charge in [0, 0.05) is 6.42 Å². The molecule has 1 N–H and O–H groups in total. The van der Waals surface area contributed by atoms with E-state index in [1.807, 2.05) is 30.3 Å². The highest BCUT2D eigenvalue weighted by atomic mass is 16.4. The zero-order chi connectivity index (χ0) is 15.0. The van der Waals surface area contributed by atoms with Gasteiger partial charge in [-0.3, -0.25) is 14.5 Å². The van der Waals surface area contributed by atoms with Crippen LogP contribution in [-0.4, -0.2) is 33.8 Å². The predicted molar refractivity (Wildman–Crippen MR) is 74.3 cm³/mol. The molecule has 21 heavy (non-hydrogen) atoms. The molecule has 5 heteroatoms. The number of hydrogen-bond acceptors (Lipinski definition) is 3. The molecule has 3 rings (SSSR count). The molecule has 3 atom stereocenters. The number of nitrogens with zero attached hydrogens (tertiary/aromatic N) is 1. The maximum absolute atomic E-state index is 12.4. The lowest BCUT2D eigenvalue weighted by Crippen LogP contribution is -2.47. The lowest BCUT2D eigenvalue weighted by Gasteiger charge is -2.23. The van der Waals surface area contributed by atoms with Gasteiger partial charge in [-0.1, -0.05) is 36.8 Å². The van der Waals surface area contributed by atoms with Crippen LogP contribution in [0.1, 0.15) is 24.8 Å². The van der Waals surface area contributed by atoms with Crippen molar-refractivity contribution in [3.05, 3.63) is 35.9 Å². The molecule has 0 aromatic heterocycles. The molecule has 1 saturated heterocycles. The fraction of sp³-hybridized carbons (Fsp3) is 0.438. The summed E-state index contributed by atoms with van der Waals surface area (Å²) in [6.45, 7) is 0. The number of aliphatic carboxylic acids is 1. The van der Waals surface area contributed by atoms with E-state index in [1.54, 1.807) is 0 Å². The van der Waals surface area contributed by atoms with Crippen LogP contribution in [0.25, 0.3) is 0 Å². The molecule has 2 fully saturated rings. The molecule has 0 bridgehead atoms. The molecule has 2 aliphatic rings.